The van der Waals surface area contributed by atoms with Crippen molar-refractivity contribution in [3.05, 3.63) is 34.9 Å². The summed E-state index contributed by atoms with van der Waals surface area (Å²) in [5.41, 5.74) is 2.36. The summed E-state index contributed by atoms with van der Waals surface area (Å²) >= 11 is 0. The van der Waals surface area contributed by atoms with Crippen molar-refractivity contribution in [1.82, 2.24) is 0 Å². The molecule has 1 aliphatic carbocycles. The molecule has 1 aliphatic rings. The first-order valence-corrected chi connectivity index (χ1v) is 3.92. The molecule has 0 saturated carbocycles. The van der Waals surface area contributed by atoms with Gasteiger partial charge in [0.25, 0.3) is 0 Å². The smallest absolute Gasteiger partial charge is 0.318 e. The van der Waals surface area contributed by atoms with E-state index in [9.17, 15) is 4.79 Å². The van der Waals surface area contributed by atoms with Gasteiger partial charge < -0.3 is 5.11 Å². The van der Waals surface area contributed by atoms with Gasteiger partial charge >= 0.3 is 5.97 Å². The van der Waals surface area contributed by atoms with Gasteiger partial charge in [-0.05, 0) is 30.5 Å². The standard InChI is InChI=1S/C10H10O2/c1-6-4-3-5-7-8(6)10(7,2)9(11)12/h3-5H,1-2H3,(H,11,12). The molecular weight excluding hydrogens is 152 g/mol. The summed E-state index contributed by atoms with van der Waals surface area (Å²) in [7, 11) is 0. The third-order valence-corrected chi connectivity index (χ3v) is 2.68. The lowest BCUT2D eigenvalue weighted by Crippen LogP contribution is -2.16. The van der Waals surface area contributed by atoms with Gasteiger partial charge in [-0.25, -0.2) is 0 Å². The van der Waals surface area contributed by atoms with E-state index in [4.69, 9.17) is 5.11 Å². The first kappa shape index (κ1) is 7.35. The number of carboxylic acids is 1. The number of carbonyl (C=O) groups is 1. The zero-order chi connectivity index (χ0) is 8.93. The Balaban J connectivity index is 2.56. The second kappa shape index (κ2) is 1.89. The molecule has 1 aromatic rings. The minimum atomic E-state index is -0.744. The normalized spacial score (nSPS) is 24.8. The molecule has 0 aromatic heterocycles. The Morgan fingerprint density at radius 3 is 2.67 bits per heavy atom. The lowest BCUT2D eigenvalue weighted by molar-refractivity contribution is -0.139. The summed E-state index contributed by atoms with van der Waals surface area (Å²) in [4.78, 5) is 10.9. The highest BCUT2D eigenvalue weighted by molar-refractivity contribution is 5.95. The van der Waals surface area contributed by atoms with Gasteiger partial charge in [-0.1, -0.05) is 18.2 Å². The number of aliphatic carboxylic acids is 1. The lowest BCUT2D eigenvalue weighted by Gasteiger charge is -2.00. The predicted octanol–water partition coefficient (Wildman–Crippen LogP) is 1.70. The van der Waals surface area contributed by atoms with Crippen molar-refractivity contribution in [2.45, 2.75) is 19.3 Å². The quantitative estimate of drug-likeness (QED) is 0.682. The van der Waals surface area contributed by atoms with Crippen LogP contribution in [-0.4, -0.2) is 11.1 Å². The van der Waals surface area contributed by atoms with Crippen LogP contribution >= 0.6 is 0 Å². The van der Waals surface area contributed by atoms with Gasteiger partial charge in [-0.2, -0.15) is 0 Å². The van der Waals surface area contributed by atoms with Crippen molar-refractivity contribution in [3.8, 4) is 0 Å². The molecule has 1 aromatic carbocycles. The average molecular weight is 162 g/mol. The number of benzene rings is 1. The fraction of sp³-hybridized carbons (Fsp3) is 0.300. The molecular formula is C10H10O2. The summed E-state index contributed by atoms with van der Waals surface area (Å²) in [6, 6.07) is 5.74. The van der Waals surface area contributed by atoms with E-state index >= 15 is 0 Å². The Hall–Kier alpha value is -1.31. The monoisotopic (exact) mass is 162 g/mol. The van der Waals surface area contributed by atoms with Crippen LogP contribution in [0.1, 0.15) is 23.6 Å². The first-order valence-electron chi connectivity index (χ1n) is 3.92. The lowest BCUT2D eigenvalue weighted by atomic mass is 10.0. The Bertz CT molecular complexity index is 368. The average Bonchev–Trinajstić information content (AvgIpc) is 2.61. The molecule has 0 saturated heterocycles. The highest BCUT2D eigenvalue weighted by atomic mass is 16.4. The molecule has 2 heteroatoms. The van der Waals surface area contributed by atoms with E-state index in [-0.39, 0.29) is 0 Å². The first-order chi connectivity index (χ1) is 5.58. The number of hydrogen-bond acceptors (Lipinski definition) is 1. The van der Waals surface area contributed by atoms with E-state index in [2.05, 4.69) is 0 Å². The van der Waals surface area contributed by atoms with Crippen LogP contribution in [0.3, 0.4) is 0 Å². The number of rotatable bonds is 1. The third-order valence-electron chi connectivity index (χ3n) is 2.68. The van der Waals surface area contributed by atoms with Crippen molar-refractivity contribution in [1.29, 1.82) is 0 Å². The molecule has 12 heavy (non-hydrogen) atoms. The van der Waals surface area contributed by atoms with E-state index in [1.165, 1.54) is 0 Å². The van der Waals surface area contributed by atoms with Crippen LogP contribution in [-0.2, 0) is 10.2 Å². The molecule has 1 atom stereocenters. The third kappa shape index (κ3) is 0.624. The van der Waals surface area contributed by atoms with Gasteiger partial charge in [0, 0.05) is 0 Å². The molecule has 0 fully saturated rings. The second-order valence-electron chi connectivity index (χ2n) is 3.43. The van der Waals surface area contributed by atoms with Gasteiger partial charge in [0.15, 0.2) is 0 Å². The van der Waals surface area contributed by atoms with Crippen LogP contribution < -0.4 is 0 Å². The zero-order valence-corrected chi connectivity index (χ0v) is 7.09. The maximum atomic E-state index is 10.9. The molecule has 1 N–H and O–H groups in total. The molecule has 0 amide bonds. The van der Waals surface area contributed by atoms with E-state index in [1.54, 1.807) is 6.92 Å². The zero-order valence-electron chi connectivity index (χ0n) is 7.09. The highest BCUT2D eigenvalue weighted by Gasteiger charge is 2.53. The Labute approximate surface area is 70.8 Å². The maximum Gasteiger partial charge on any atom is 0.318 e. The molecule has 0 bridgehead atoms. The fourth-order valence-corrected chi connectivity index (χ4v) is 1.85. The number of fused-ring (bicyclic) bond motifs is 1. The van der Waals surface area contributed by atoms with Gasteiger partial charge in [-0.15, -0.1) is 0 Å². The van der Waals surface area contributed by atoms with Crippen molar-refractivity contribution >= 4 is 5.97 Å². The van der Waals surface area contributed by atoms with Crippen molar-refractivity contribution in [3.63, 3.8) is 0 Å². The highest BCUT2D eigenvalue weighted by Crippen LogP contribution is 2.51. The molecule has 2 nitrogen and oxygen atoms in total. The summed E-state index contributed by atoms with van der Waals surface area (Å²) in [5.74, 6) is -0.744. The fourth-order valence-electron chi connectivity index (χ4n) is 1.85. The molecule has 62 valence electrons. The second-order valence-corrected chi connectivity index (χ2v) is 3.43. The minimum Gasteiger partial charge on any atom is -0.480 e. The van der Waals surface area contributed by atoms with Gasteiger partial charge in [0.2, 0.25) is 0 Å². The summed E-state index contributed by atoms with van der Waals surface area (Å²) in [6.45, 7) is 3.71. The summed E-state index contributed by atoms with van der Waals surface area (Å²) in [5, 5.41) is 8.96. The Morgan fingerprint density at radius 1 is 1.50 bits per heavy atom. The van der Waals surface area contributed by atoms with Crippen LogP contribution in [0, 0.1) is 6.92 Å². The van der Waals surface area contributed by atoms with Crippen LogP contribution in [0.15, 0.2) is 18.2 Å². The van der Waals surface area contributed by atoms with Crippen LogP contribution in [0.25, 0.3) is 0 Å². The van der Waals surface area contributed by atoms with Crippen molar-refractivity contribution in [2.75, 3.05) is 0 Å². The summed E-state index contributed by atoms with van der Waals surface area (Å²) < 4.78 is 0. The predicted molar refractivity (Wildman–Crippen MR) is 45.3 cm³/mol. The number of hydrogen-bond donors (Lipinski definition) is 1. The molecule has 2 rings (SSSR count). The topological polar surface area (TPSA) is 37.3 Å². The largest absolute Gasteiger partial charge is 0.480 e. The Morgan fingerprint density at radius 2 is 2.17 bits per heavy atom. The maximum absolute atomic E-state index is 10.9. The van der Waals surface area contributed by atoms with E-state index in [0.717, 1.165) is 16.7 Å². The van der Waals surface area contributed by atoms with Crippen LogP contribution in [0.4, 0.5) is 0 Å². The van der Waals surface area contributed by atoms with Crippen molar-refractivity contribution < 1.29 is 9.90 Å². The number of carboxylic acid groups (broad SMARTS) is 1. The van der Waals surface area contributed by atoms with Gasteiger partial charge in [0.05, 0.1) is 0 Å². The summed E-state index contributed by atoms with van der Waals surface area (Å²) in [6.07, 6.45) is 0. The van der Waals surface area contributed by atoms with E-state index in [0.29, 0.717) is 0 Å². The SMILES string of the molecule is Cc1cccc2c1C2(C)C(=O)O. The van der Waals surface area contributed by atoms with E-state index < -0.39 is 11.4 Å². The molecule has 0 radical (unpaired) electrons. The molecule has 0 aliphatic heterocycles. The van der Waals surface area contributed by atoms with Crippen molar-refractivity contribution in [2.24, 2.45) is 0 Å². The van der Waals surface area contributed by atoms with Crippen LogP contribution in [0.5, 0.6) is 0 Å². The van der Waals surface area contributed by atoms with E-state index in [1.807, 2.05) is 25.1 Å². The van der Waals surface area contributed by atoms with Gasteiger partial charge in [0.1, 0.15) is 5.41 Å². The minimum absolute atomic E-state index is 0.687. The molecule has 0 spiro atoms. The molecule has 1 unspecified atom stereocenters. The Kier molecular flexibility index (Phi) is 1.16. The molecule has 0 heterocycles. The van der Waals surface area contributed by atoms with Crippen LogP contribution in [0.2, 0.25) is 0 Å². The van der Waals surface area contributed by atoms with Gasteiger partial charge in [-0.3, -0.25) is 4.79 Å². The number of aryl methyl sites for hydroxylation is 1.